The van der Waals surface area contributed by atoms with E-state index in [9.17, 15) is 13.2 Å². The Morgan fingerprint density at radius 1 is 1.32 bits per heavy atom. The van der Waals surface area contributed by atoms with Crippen molar-refractivity contribution in [2.75, 3.05) is 20.2 Å². The summed E-state index contributed by atoms with van der Waals surface area (Å²) in [4.78, 5) is 12.9. The predicted octanol–water partition coefficient (Wildman–Crippen LogP) is 1.53. The molecule has 25 heavy (non-hydrogen) atoms. The molecule has 1 aromatic carbocycles. The van der Waals surface area contributed by atoms with Crippen LogP contribution in [0.5, 0.6) is 5.75 Å². The highest BCUT2D eigenvalue weighted by atomic mass is 32.2. The molecule has 1 saturated carbocycles. The molecule has 7 nitrogen and oxygen atoms in total. The number of hydrogen-bond donors (Lipinski definition) is 2. The zero-order chi connectivity index (χ0) is 18.8. The Kier molecular flexibility index (Phi) is 6.08. The van der Waals surface area contributed by atoms with Gasteiger partial charge in [0, 0.05) is 12.1 Å². The Labute approximate surface area is 149 Å². The van der Waals surface area contributed by atoms with Crippen LogP contribution in [-0.4, -0.2) is 56.7 Å². The lowest BCUT2D eigenvalue weighted by atomic mass is 9.86. The Balaban J connectivity index is 2.03. The molecule has 8 heteroatoms. The van der Waals surface area contributed by atoms with Crippen molar-refractivity contribution in [3.63, 3.8) is 0 Å². The number of ether oxygens (including phenoxy) is 1. The van der Waals surface area contributed by atoms with Crippen LogP contribution in [-0.2, 0) is 14.8 Å². The Hall–Kier alpha value is -1.64. The van der Waals surface area contributed by atoms with Crippen molar-refractivity contribution >= 4 is 16.0 Å². The summed E-state index contributed by atoms with van der Waals surface area (Å²) in [6.45, 7) is 6.15. The highest BCUT2D eigenvalue weighted by Gasteiger charge is 2.36. The van der Waals surface area contributed by atoms with Crippen LogP contribution < -0.4 is 9.46 Å². The SMILES string of the molecule is CCN(CC(=O)O)C1CC(NS(=O)(=O)c2cc(C)c(OC)c(C)c2)C1. The van der Waals surface area contributed by atoms with E-state index in [-0.39, 0.29) is 23.5 Å². The van der Waals surface area contributed by atoms with Crippen LogP contribution in [0, 0.1) is 13.8 Å². The fourth-order valence-corrected chi connectivity index (χ4v) is 4.76. The molecule has 0 amide bonds. The number of methoxy groups -OCH3 is 1. The van der Waals surface area contributed by atoms with Gasteiger partial charge in [-0.25, -0.2) is 13.1 Å². The average molecular weight is 370 g/mol. The minimum Gasteiger partial charge on any atom is -0.496 e. The van der Waals surface area contributed by atoms with Crippen LogP contribution in [0.1, 0.15) is 30.9 Å². The molecule has 0 spiro atoms. The molecule has 2 rings (SSSR count). The van der Waals surface area contributed by atoms with Gasteiger partial charge in [-0.15, -0.1) is 0 Å². The van der Waals surface area contributed by atoms with E-state index in [0.29, 0.717) is 25.1 Å². The van der Waals surface area contributed by atoms with Gasteiger partial charge in [-0.05, 0) is 56.5 Å². The van der Waals surface area contributed by atoms with Crippen LogP contribution in [0.3, 0.4) is 0 Å². The maximum absolute atomic E-state index is 12.6. The minimum atomic E-state index is -3.61. The quantitative estimate of drug-likeness (QED) is 0.720. The first-order valence-corrected chi connectivity index (χ1v) is 9.79. The molecular weight excluding hydrogens is 344 g/mol. The van der Waals surface area contributed by atoms with E-state index in [1.807, 2.05) is 25.7 Å². The summed E-state index contributed by atoms with van der Waals surface area (Å²) < 4.78 is 33.2. The normalized spacial score (nSPS) is 20.4. The molecule has 0 atom stereocenters. The molecule has 0 heterocycles. The summed E-state index contributed by atoms with van der Waals surface area (Å²) in [6.07, 6.45) is 1.24. The molecular formula is C17H26N2O5S. The highest BCUT2D eigenvalue weighted by molar-refractivity contribution is 7.89. The van der Waals surface area contributed by atoms with Gasteiger partial charge < -0.3 is 9.84 Å². The number of nitrogens with one attached hydrogen (secondary N) is 1. The first-order chi connectivity index (χ1) is 11.7. The number of carbonyl (C=O) groups is 1. The number of rotatable bonds is 8. The van der Waals surface area contributed by atoms with E-state index in [1.54, 1.807) is 19.2 Å². The van der Waals surface area contributed by atoms with Crippen LogP contribution >= 0.6 is 0 Å². The van der Waals surface area contributed by atoms with Crippen LogP contribution in [0.25, 0.3) is 0 Å². The van der Waals surface area contributed by atoms with Gasteiger partial charge in [0.1, 0.15) is 5.75 Å². The number of carboxylic acids is 1. The first-order valence-electron chi connectivity index (χ1n) is 8.31. The lowest BCUT2D eigenvalue weighted by Gasteiger charge is -2.42. The third-order valence-electron chi connectivity index (χ3n) is 4.64. The smallest absolute Gasteiger partial charge is 0.317 e. The number of aliphatic carboxylic acids is 1. The van der Waals surface area contributed by atoms with Crippen LogP contribution in [0.2, 0.25) is 0 Å². The number of nitrogens with zero attached hydrogens (tertiary/aromatic N) is 1. The average Bonchev–Trinajstić information content (AvgIpc) is 2.48. The van der Waals surface area contributed by atoms with E-state index >= 15 is 0 Å². The predicted molar refractivity (Wildman–Crippen MR) is 94.5 cm³/mol. The third-order valence-corrected chi connectivity index (χ3v) is 6.14. The number of hydrogen-bond acceptors (Lipinski definition) is 5. The first kappa shape index (κ1) is 19.7. The van der Waals surface area contributed by atoms with Crippen molar-refractivity contribution in [1.29, 1.82) is 0 Å². The zero-order valence-corrected chi connectivity index (χ0v) is 15.9. The molecule has 1 fully saturated rings. The zero-order valence-electron chi connectivity index (χ0n) is 15.1. The fourth-order valence-electron chi connectivity index (χ4n) is 3.33. The van der Waals surface area contributed by atoms with E-state index in [2.05, 4.69) is 4.72 Å². The molecule has 140 valence electrons. The number of sulfonamides is 1. The summed E-state index contributed by atoms with van der Waals surface area (Å²) in [5.74, 6) is -0.176. The summed E-state index contributed by atoms with van der Waals surface area (Å²) in [7, 11) is -2.05. The van der Waals surface area contributed by atoms with Crippen molar-refractivity contribution < 1.29 is 23.1 Å². The summed E-state index contributed by atoms with van der Waals surface area (Å²) in [5.41, 5.74) is 1.54. The van der Waals surface area contributed by atoms with Gasteiger partial charge in [-0.3, -0.25) is 9.69 Å². The molecule has 0 bridgehead atoms. The fraction of sp³-hybridized carbons (Fsp3) is 0.588. The number of carboxylic acid groups (broad SMARTS) is 1. The van der Waals surface area contributed by atoms with Crippen molar-refractivity contribution in [2.24, 2.45) is 0 Å². The molecule has 0 radical (unpaired) electrons. The van der Waals surface area contributed by atoms with Gasteiger partial charge in [0.15, 0.2) is 0 Å². The van der Waals surface area contributed by atoms with Crippen LogP contribution in [0.15, 0.2) is 17.0 Å². The number of benzene rings is 1. The molecule has 0 aliphatic heterocycles. The summed E-state index contributed by atoms with van der Waals surface area (Å²) in [5, 5.41) is 8.92. The Morgan fingerprint density at radius 2 is 1.88 bits per heavy atom. The second-order valence-electron chi connectivity index (χ2n) is 6.49. The van der Waals surface area contributed by atoms with Gasteiger partial charge in [0.25, 0.3) is 0 Å². The number of likely N-dealkylation sites (N-methyl/N-ethyl adjacent to an activating group) is 1. The van der Waals surface area contributed by atoms with E-state index < -0.39 is 16.0 Å². The minimum absolute atomic E-state index is 0.0164. The number of aryl methyl sites for hydroxylation is 2. The maximum Gasteiger partial charge on any atom is 0.317 e. The van der Waals surface area contributed by atoms with E-state index in [1.165, 1.54) is 0 Å². The van der Waals surface area contributed by atoms with Gasteiger partial charge in [0.2, 0.25) is 10.0 Å². The largest absolute Gasteiger partial charge is 0.496 e. The van der Waals surface area contributed by atoms with Gasteiger partial charge >= 0.3 is 5.97 Å². The third kappa shape index (κ3) is 4.50. The molecule has 0 saturated heterocycles. The Morgan fingerprint density at radius 3 is 2.32 bits per heavy atom. The summed E-state index contributed by atoms with van der Waals surface area (Å²) in [6, 6.07) is 3.15. The second kappa shape index (κ2) is 7.72. The lowest BCUT2D eigenvalue weighted by Crippen LogP contribution is -2.54. The van der Waals surface area contributed by atoms with Gasteiger partial charge in [0.05, 0.1) is 18.6 Å². The molecule has 1 aliphatic carbocycles. The highest BCUT2D eigenvalue weighted by Crippen LogP contribution is 2.29. The molecule has 1 aliphatic rings. The van der Waals surface area contributed by atoms with Gasteiger partial charge in [-0.2, -0.15) is 0 Å². The second-order valence-corrected chi connectivity index (χ2v) is 8.20. The van der Waals surface area contributed by atoms with Crippen molar-refractivity contribution in [3.8, 4) is 5.75 Å². The van der Waals surface area contributed by atoms with E-state index in [4.69, 9.17) is 9.84 Å². The van der Waals surface area contributed by atoms with E-state index in [0.717, 1.165) is 11.1 Å². The lowest BCUT2D eigenvalue weighted by molar-refractivity contribution is -0.139. The maximum atomic E-state index is 12.6. The molecule has 0 aromatic heterocycles. The molecule has 0 unspecified atom stereocenters. The topological polar surface area (TPSA) is 95.9 Å². The molecule has 2 N–H and O–H groups in total. The van der Waals surface area contributed by atoms with Crippen LogP contribution in [0.4, 0.5) is 0 Å². The monoisotopic (exact) mass is 370 g/mol. The Bertz CT molecular complexity index is 718. The van der Waals surface area contributed by atoms with Gasteiger partial charge in [-0.1, -0.05) is 6.92 Å². The van der Waals surface area contributed by atoms with Crippen molar-refractivity contribution in [2.45, 2.75) is 50.6 Å². The molecule has 1 aromatic rings. The van der Waals surface area contributed by atoms with Crippen molar-refractivity contribution in [1.82, 2.24) is 9.62 Å². The van der Waals surface area contributed by atoms with Crippen molar-refractivity contribution in [3.05, 3.63) is 23.3 Å². The standard InChI is InChI=1S/C17H26N2O5S/c1-5-19(10-16(20)21)14-8-13(9-14)18-25(22,23)15-6-11(2)17(24-4)12(3)7-15/h6-7,13-14,18H,5,8-10H2,1-4H3,(H,20,21). The summed E-state index contributed by atoms with van der Waals surface area (Å²) >= 11 is 0.